The largest absolute Gasteiger partial charge is 0.402 e. The van der Waals surface area contributed by atoms with Crippen LogP contribution in [0.1, 0.15) is 42.4 Å². The van der Waals surface area contributed by atoms with Gasteiger partial charge in [0, 0.05) is 31.6 Å². The summed E-state index contributed by atoms with van der Waals surface area (Å²) in [5.74, 6) is -1.52. The van der Waals surface area contributed by atoms with Crippen LogP contribution in [0, 0.1) is 12.7 Å². The lowest BCUT2D eigenvalue weighted by atomic mass is 9.88. The van der Waals surface area contributed by atoms with Crippen molar-refractivity contribution in [3.05, 3.63) is 53.6 Å². The fraction of sp³-hybridized carbons (Fsp3) is 0.455. The predicted molar refractivity (Wildman–Crippen MR) is 112 cm³/mol. The lowest BCUT2D eigenvalue weighted by Gasteiger charge is -2.40. The molecule has 3 aliphatic heterocycles. The van der Waals surface area contributed by atoms with Crippen molar-refractivity contribution in [1.82, 2.24) is 19.9 Å². The molecule has 2 aromatic heterocycles. The molecule has 0 radical (unpaired) electrons. The van der Waals surface area contributed by atoms with Crippen LogP contribution in [0.5, 0.6) is 0 Å². The topological polar surface area (TPSA) is 97.5 Å². The van der Waals surface area contributed by atoms with Crippen LogP contribution in [0.3, 0.4) is 0 Å². The van der Waals surface area contributed by atoms with Gasteiger partial charge in [0.2, 0.25) is 0 Å². The lowest BCUT2D eigenvalue weighted by Crippen LogP contribution is -2.58. The maximum absolute atomic E-state index is 15.6. The van der Waals surface area contributed by atoms with Gasteiger partial charge in [-0.05, 0) is 37.5 Å². The molecule has 2 N–H and O–H groups in total. The van der Waals surface area contributed by atoms with Crippen molar-refractivity contribution in [3.8, 4) is 0 Å². The van der Waals surface area contributed by atoms with Crippen molar-refractivity contribution in [2.45, 2.75) is 50.2 Å². The first-order valence-corrected chi connectivity index (χ1v) is 10.8. The molecule has 33 heavy (non-hydrogen) atoms. The Morgan fingerprint density at radius 3 is 2.91 bits per heavy atom. The molecule has 0 aliphatic carbocycles. The van der Waals surface area contributed by atoms with Crippen molar-refractivity contribution < 1.29 is 22.7 Å². The average molecular weight is 460 g/mol. The zero-order chi connectivity index (χ0) is 23.3. The van der Waals surface area contributed by atoms with Crippen LogP contribution in [-0.4, -0.2) is 56.8 Å². The smallest absolute Gasteiger partial charge is 0.260 e. The van der Waals surface area contributed by atoms with Crippen molar-refractivity contribution in [2.75, 3.05) is 18.0 Å². The van der Waals surface area contributed by atoms with Crippen LogP contribution in [0.25, 0.3) is 5.83 Å². The highest BCUT2D eigenvalue weighted by atomic mass is 19.1. The van der Waals surface area contributed by atoms with Crippen LogP contribution in [0.15, 0.2) is 30.7 Å². The molecule has 4 atom stereocenters. The summed E-state index contributed by atoms with van der Waals surface area (Å²) in [5.41, 5.74) is 4.44. The molecule has 11 heteroatoms. The van der Waals surface area contributed by atoms with E-state index in [2.05, 4.69) is 15.0 Å². The second-order valence-corrected chi connectivity index (χ2v) is 8.52. The van der Waals surface area contributed by atoms with E-state index in [4.69, 9.17) is 10.5 Å². The van der Waals surface area contributed by atoms with E-state index in [0.29, 0.717) is 24.2 Å². The molecule has 1 spiro atoms. The number of fused-ring (bicyclic) bond motifs is 1. The lowest BCUT2D eigenvalue weighted by molar-refractivity contribution is -0.148. The number of hydrogen-bond acceptors (Lipinski definition) is 7. The first-order valence-electron chi connectivity index (χ1n) is 10.8. The van der Waals surface area contributed by atoms with Crippen LogP contribution >= 0.6 is 0 Å². The van der Waals surface area contributed by atoms with E-state index in [0.717, 1.165) is 6.20 Å². The van der Waals surface area contributed by atoms with E-state index in [1.165, 1.54) is 17.2 Å². The first-order chi connectivity index (χ1) is 15.8. The number of piperidine rings is 1. The van der Waals surface area contributed by atoms with Crippen molar-refractivity contribution in [3.63, 3.8) is 0 Å². The standard InChI is InChI=1S/C22H23F3N6O2/c1-12-14(23)8-13(10-28-12)16-2-3-19-31(16)21(32)22(33-19)5-7-30(11-17(22)25)18-4-6-27-20(29-18)15(24)9-26/h4,6,8-10,16-17,19H,2-3,5,7,11,26H2,1H3/b15-9+/t16-,17?,19+,22?/m0/s1. The van der Waals surface area contributed by atoms with Crippen LogP contribution < -0.4 is 10.6 Å². The monoisotopic (exact) mass is 460 g/mol. The van der Waals surface area contributed by atoms with Gasteiger partial charge in [0.25, 0.3) is 5.91 Å². The number of pyridine rings is 1. The van der Waals surface area contributed by atoms with Gasteiger partial charge in [-0.2, -0.15) is 0 Å². The molecule has 2 unspecified atom stereocenters. The summed E-state index contributed by atoms with van der Waals surface area (Å²) in [7, 11) is 0. The van der Waals surface area contributed by atoms with Crippen LogP contribution in [0.2, 0.25) is 0 Å². The average Bonchev–Trinajstić information content (AvgIpc) is 3.35. The van der Waals surface area contributed by atoms with Gasteiger partial charge in [-0.15, -0.1) is 0 Å². The fourth-order valence-electron chi connectivity index (χ4n) is 4.90. The minimum atomic E-state index is -1.63. The third-order valence-electron chi connectivity index (χ3n) is 6.67. The molecule has 1 amide bonds. The third-order valence-corrected chi connectivity index (χ3v) is 6.67. The van der Waals surface area contributed by atoms with Gasteiger partial charge >= 0.3 is 0 Å². The number of nitrogens with two attached hydrogens (primary N) is 1. The zero-order valence-electron chi connectivity index (χ0n) is 17.9. The molecule has 8 nitrogen and oxygen atoms in total. The Balaban J connectivity index is 1.36. The van der Waals surface area contributed by atoms with E-state index in [-0.39, 0.29) is 31.0 Å². The number of carbonyl (C=O) groups excluding carboxylic acids is 1. The Labute approximate surface area is 188 Å². The van der Waals surface area contributed by atoms with E-state index in [9.17, 15) is 13.6 Å². The molecule has 5 rings (SSSR count). The molecule has 3 fully saturated rings. The third kappa shape index (κ3) is 3.41. The second kappa shape index (κ2) is 7.98. The summed E-state index contributed by atoms with van der Waals surface area (Å²) in [5, 5.41) is 0. The minimum Gasteiger partial charge on any atom is -0.402 e. The van der Waals surface area contributed by atoms with Crippen LogP contribution in [0.4, 0.5) is 19.0 Å². The Hall–Kier alpha value is -3.21. The highest BCUT2D eigenvalue weighted by molar-refractivity contribution is 5.89. The first kappa shape index (κ1) is 21.6. The summed E-state index contributed by atoms with van der Waals surface area (Å²) >= 11 is 0. The number of ether oxygens (including phenoxy) is 1. The summed E-state index contributed by atoms with van der Waals surface area (Å²) in [6.45, 7) is 1.70. The maximum atomic E-state index is 15.6. The number of halogens is 3. The van der Waals surface area contributed by atoms with Crippen molar-refractivity contribution in [2.24, 2.45) is 5.73 Å². The number of anilines is 1. The van der Waals surface area contributed by atoms with Crippen LogP contribution in [-0.2, 0) is 9.53 Å². The van der Waals surface area contributed by atoms with Crippen molar-refractivity contribution in [1.29, 1.82) is 0 Å². The molecule has 5 heterocycles. The van der Waals surface area contributed by atoms with Gasteiger partial charge in [0.15, 0.2) is 23.4 Å². The molecule has 0 aromatic carbocycles. The summed E-state index contributed by atoms with van der Waals surface area (Å²) in [4.78, 5) is 28.6. The Bertz CT molecular complexity index is 1130. The zero-order valence-corrected chi connectivity index (χ0v) is 17.9. The van der Waals surface area contributed by atoms with Gasteiger partial charge < -0.3 is 20.3 Å². The van der Waals surface area contributed by atoms with E-state index < -0.39 is 41.6 Å². The highest BCUT2D eigenvalue weighted by Crippen LogP contribution is 2.48. The van der Waals surface area contributed by atoms with E-state index >= 15 is 4.39 Å². The fourth-order valence-corrected chi connectivity index (χ4v) is 4.90. The molecular formula is C22H23F3N6O2. The Kier molecular flexibility index (Phi) is 5.23. The molecule has 0 saturated carbocycles. The minimum absolute atomic E-state index is 0.0990. The number of hydrogen-bond donors (Lipinski definition) is 1. The van der Waals surface area contributed by atoms with Gasteiger partial charge in [-0.3, -0.25) is 9.78 Å². The molecule has 3 aliphatic rings. The second-order valence-electron chi connectivity index (χ2n) is 8.52. The quantitative estimate of drug-likeness (QED) is 0.752. The number of aromatic nitrogens is 3. The highest BCUT2D eigenvalue weighted by Gasteiger charge is 2.62. The number of nitrogens with zero attached hydrogens (tertiary/aromatic N) is 5. The van der Waals surface area contributed by atoms with Gasteiger partial charge in [-0.25, -0.2) is 23.1 Å². The van der Waals surface area contributed by atoms with Gasteiger partial charge in [0.05, 0.1) is 18.3 Å². The van der Waals surface area contributed by atoms with E-state index in [1.54, 1.807) is 24.1 Å². The molecule has 3 saturated heterocycles. The number of alkyl halides is 1. The molecule has 0 bridgehead atoms. The predicted octanol–water partition coefficient (Wildman–Crippen LogP) is 2.55. The number of rotatable bonds is 3. The SMILES string of the molecule is Cc1ncc([C@@H]2CC[C@H]3OC4(CCN(c5ccnc(/C(F)=C\N)n5)CC4F)C(=O)N32)cc1F. The molecule has 174 valence electrons. The van der Waals surface area contributed by atoms with E-state index in [1.807, 2.05) is 0 Å². The summed E-state index contributed by atoms with van der Waals surface area (Å²) < 4.78 is 49.5. The maximum Gasteiger partial charge on any atom is 0.260 e. The normalized spacial score (nSPS) is 29.8. The number of amides is 1. The summed E-state index contributed by atoms with van der Waals surface area (Å²) in [6, 6.07) is 2.51. The van der Waals surface area contributed by atoms with Crippen molar-refractivity contribution >= 4 is 17.6 Å². The van der Waals surface area contributed by atoms with Gasteiger partial charge in [-0.1, -0.05) is 0 Å². The Morgan fingerprint density at radius 2 is 2.18 bits per heavy atom. The van der Waals surface area contributed by atoms with Gasteiger partial charge in [0.1, 0.15) is 17.9 Å². The number of carbonyl (C=O) groups is 1. The summed E-state index contributed by atoms with van der Waals surface area (Å²) in [6.07, 6.45) is 2.70. The molecular weight excluding hydrogens is 437 g/mol. The number of aryl methyl sites for hydroxylation is 1. The Morgan fingerprint density at radius 1 is 1.36 bits per heavy atom. The molecule has 2 aromatic rings.